The third-order valence-corrected chi connectivity index (χ3v) is 4.67. The van der Waals surface area contributed by atoms with E-state index in [0.29, 0.717) is 12.6 Å². The third-order valence-electron chi connectivity index (χ3n) is 4.18. The van der Waals surface area contributed by atoms with Gasteiger partial charge in [-0.1, -0.05) is 52.3 Å². The van der Waals surface area contributed by atoms with Crippen LogP contribution in [0.5, 0.6) is 0 Å². The van der Waals surface area contributed by atoms with E-state index in [-0.39, 0.29) is 0 Å². The van der Waals surface area contributed by atoms with Gasteiger partial charge >= 0.3 is 0 Å². The summed E-state index contributed by atoms with van der Waals surface area (Å²) in [5.41, 5.74) is 3.87. The lowest BCUT2D eigenvalue weighted by Gasteiger charge is -2.26. The van der Waals surface area contributed by atoms with Crippen molar-refractivity contribution in [3.8, 4) is 0 Å². The highest BCUT2D eigenvalue weighted by Gasteiger charge is 2.19. The molecular weight excluding hydrogens is 326 g/mol. The molecule has 1 aliphatic carbocycles. The Morgan fingerprint density at radius 1 is 1.14 bits per heavy atom. The first-order valence-corrected chi connectivity index (χ1v) is 8.25. The van der Waals surface area contributed by atoms with Gasteiger partial charge in [0, 0.05) is 17.1 Å². The van der Waals surface area contributed by atoms with Crippen molar-refractivity contribution in [2.24, 2.45) is 0 Å². The summed E-state index contributed by atoms with van der Waals surface area (Å²) in [6, 6.07) is 17.0. The van der Waals surface area contributed by atoms with Crippen LogP contribution in [0.3, 0.4) is 0 Å². The van der Waals surface area contributed by atoms with E-state index in [9.17, 15) is 5.11 Å². The molecule has 2 unspecified atom stereocenters. The topological polar surface area (TPSA) is 32.3 Å². The maximum absolute atomic E-state index is 10.3. The zero-order valence-electron chi connectivity index (χ0n) is 11.9. The van der Waals surface area contributed by atoms with Gasteiger partial charge in [-0.05, 0) is 48.1 Å². The van der Waals surface area contributed by atoms with E-state index in [2.05, 4.69) is 45.5 Å². The fourth-order valence-corrected chi connectivity index (χ4v) is 3.40. The van der Waals surface area contributed by atoms with E-state index in [1.807, 2.05) is 24.3 Å². The number of benzene rings is 2. The van der Waals surface area contributed by atoms with Gasteiger partial charge in [0.25, 0.3) is 0 Å². The summed E-state index contributed by atoms with van der Waals surface area (Å²) in [6.07, 6.45) is 2.87. The number of halogens is 1. The Balaban J connectivity index is 1.57. The molecule has 1 aliphatic rings. The van der Waals surface area contributed by atoms with E-state index in [1.54, 1.807) is 0 Å². The van der Waals surface area contributed by atoms with Gasteiger partial charge in [0.15, 0.2) is 0 Å². The van der Waals surface area contributed by atoms with Crippen LogP contribution in [0, 0.1) is 0 Å². The average Bonchev–Trinajstić information content (AvgIpc) is 2.52. The number of aliphatic hydroxyl groups excluding tert-OH is 1. The Kier molecular flexibility index (Phi) is 4.73. The van der Waals surface area contributed by atoms with Gasteiger partial charge in [0.1, 0.15) is 0 Å². The lowest BCUT2D eigenvalue weighted by molar-refractivity contribution is 0.168. The molecule has 0 saturated carbocycles. The number of nitrogens with one attached hydrogen (secondary N) is 1. The SMILES string of the molecule is OC(CNC1CCc2ccccc2C1)c1cccc(Br)c1. The highest BCUT2D eigenvalue weighted by molar-refractivity contribution is 9.10. The van der Waals surface area contributed by atoms with Crippen molar-refractivity contribution in [2.45, 2.75) is 31.4 Å². The zero-order valence-corrected chi connectivity index (χ0v) is 13.5. The predicted molar refractivity (Wildman–Crippen MR) is 89.4 cm³/mol. The minimum Gasteiger partial charge on any atom is -0.387 e. The minimum absolute atomic E-state index is 0.459. The number of hydrogen-bond acceptors (Lipinski definition) is 2. The Morgan fingerprint density at radius 2 is 1.95 bits per heavy atom. The van der Waals surface area contributed by atoms with Crippen molar-refractivity contribution in [1.29, 1.82) is 0 Å². The largest absolute Gasteiger partial charge is 0.387 e. The van der Waals surface area contributed by atoms with Gasteiger partial charge in [-0.15, -0.1) is 0 Å². The van der Waals surface area contributed by atoms with E-state index >= 15 is 0 Å². The fourth-order valence-electron chi connectivity index (χ4n) is 2.98. The molecule has 0 aromatic heterocycles. The van der Waals surface area contributed by atoms with Gasteiger partial charge in [0.05, 0.1) is 6.10 Å². The van der Waals surface area contributed by atoms with Gasteiger partial charge in [0.2, 0.25) is 0 Å². The number of fused-ring (bicyclic) bond motifs is 1. The van der Waals surface area contributed by atoms with Crippen LogP contribution in [0.4, 0.5) is 0 Å². The quantitative estimate of drug-likeness (QED) is 0.886. The van der Waals surface area contributed by atoms with Gasteiger partial charge in [-0.2, -0.15) is 0 Å². The predicted octanol–water partition coefficient (Wildman–Crippen LogP) is 3.63. The highest BCUT2D eigenvalue weighted by atomic mass is 79.9. The van der Waals surface area contributed by atoms with Crippen LogP contribution in [0.1, 0.15) is 29.2 Å². The highest BCUT2D eigenvalue weighted by Crippen LogP contribution is 2.22. The second kappa shape index (κ2) is 6.73. The maximum atomic E-state index is 10.3. The number of hydrogen-bond donors (Lipinski definition) is 2. The first kappa shape index (κ1) is 14.8. The Hall–Kier alpha value is -1.16. The molecule has 0 radical (unpaired) electrons. The minimum atomic E-state index is -0.459. The van der Waals surface area contributed by atoms with Crippen molar-refractivity contribution < 1.29 is 5.11 Å². The summed E-state index contributed by atoms with van der Waals surface area (Å²) in [6.45, 7) is 0.600. The molecule has 0 fully saturated rings. The molecule has 110 valence electrons. The molecule has 2 atom stereocenters. The van der Waals surface area contributed by atoms with Crippen LogP contribution < -0.4 is 5.32 Å². The molecular formula is C18H20BrNO. The molecule has 2 aromatic carbocycles. The van der Waals surface area contributed by atoms with Crippen molar-refractivity contribution >= 4 is 15.9 Å². The van der Waals surface area contributed by atoms with Crippen LogP contribution in [0.15, 0.2) is 53.0 Å². The second-order valence-electron chi connectivity index (χ2n) is 5.69. The van der Waals surface area contributed by atoms with E-state index in [1.165, 1.54) is 11.1 Å². The van der Waals surface area contributed by atoms with Crippen molar-refractivity contribution in [2.75, 3.05) is 6.54 Å². The van der Waals surface area contributed by atoms with Crippen molar-refractivity contribution in [3.05, 3.63) is 69.7 Å². The molecule has 2 N–H and O–H groups in total. The van der Waals surface area contributed by atoms with E-state index in [0.717, 1.165) is 29.3 Å². The Bertz CT molecular complexity index is 614. The number of rotatable bonds is 4. The molecule has 0 amide bonds. The number of aliphatic hydroxyl groups is 1. The molecule has 2 nitrogen and oxygen atoms in total. The number of aryl methyl sites for hydroxylation is 1. The summed E-state index contributed by atoms with van der Waals surface area (Å²) in [5.74, 6) is 0. The van der Waals surface area contributed by atoms with E-state index in [4.69, 9.17) is 0 Å². The lowest BCUT2D eigenvalue weighted by atomic mass is 9.88. The van der Waals surface area contributed by atoms with Crippen LogP contribution in [0.2, 0.25) is 0 Å². The summed E-state index contributed by atoms with van der Waals surface area (Å²) in [7, 11) is 0. The average molecular weight is 346 g/mol. The smallest absolute Gasteiger partial charge is 0.0914 e. The molecule has 0 saturated heterocycles. The molecule has 3 rings (SSSR count). The van der Waals surface area contributed by atoms with Crippen LogP contribution >= 0.6 is 15.9 Å². The van der Waals surface area contributed by atoms with Crippen molar-refractivity contribution in [3.63, 3.8) is 0 Å². The monoisotopic (exact) mass is 345 g/mol. The summed E-state index contributed by atoms with van der Waals surface area (Å²) in [4.78, 5) is 0. The van der Waals surface area contributed by atoms with Crippen LogP contribution in [-0.4, -0.2) is 17.7 Å². The normalized spacial score (nSPS) is 19.0. The Labute approximate surface area is 134 Å². The van der Waals surface area contributed by atoms with Crippen LogP contribution in [-0.2, 0) is 12.8 Å². The molecule has 0 aliphatic heterocycles. The molecule has 0 bridgehead atoms. The first-order chi connectivity index (χ1) is 10.2. The Morgan fingerprint density at radius 3 is 2.76 bits per heavy atom. The molecule has 2 aromatic rings. The zero-order chi connectivity index (χ0) is 14.7. The van der Waals surface area contributed by atoms with E-state index < -0.39 is 6.10 Å². The summed E-state index contributed by atoms with van der Waals surface area (Å²) in [5, 5.41) is 13.8. The summed E-state index contributed by atoms with van der Waals surface area (Å²) >= 11 is 3.44. The van der Waals surface area contributed by atoms with Crippen LogP contribution in [0.25, 0.3) is 0 Å². The lowest BCUT2D eigenvalue weighted by Crippen LogP contribution is -2.37. The molecule has 3 heteroatoms. The summed E-state index contributed by atoms with van der Waals surface area (Å²) < 4.78 is 1.01. The molecule has 0 heterocycles. The third kappa shape index (κ3) is 3.73. The fraction of sp³-hybridized carbons (Fsp3) is 0.333. The first-order valence-electron chi connectivity index (χ1n) is 7.46. The second-order valence-corrected chi connectivity index (χ2v) is 6.60. The van der Waals surface area contributed by atoms with Gasteiger partial charge < -0.3 is 10.4 Å². The molecule has 21 heavy (non-hydrogen) atoms. The van der Waals surface area contributed by atoms with Gasteiger partial charge in [-0.3, -0.25) is 0 Å². The molecule has 0 spiro atoms. The maximum Gasteiger partial charge on any atom is 0.0914 e. The van der Waals surface area contributed by atoms with Crippen molar-refractivity contribution in [1.82, 2.24) is 5.32 Å². The van der Waals surface area contributed by atoms with Gasteiger partial charge in [-0.25, -0.2) is 0 Å². The standard InChI is InChI=1S/C18H20BrNO/c19-16-7-3-6-15(10-16)18(21)12-20-17-9-8-13-4-1-2-5-14(13)11-17/h1-7,10,17-18,20-21H,8-9,11-12H2.